The van der Waals surface area contributed by atoms with Crippen molar-refractivity contribution in [2.75, 3.05) is 39.3 Å². The molecule has 0 bridgehead atoms. The van der Waals surface area contributed by atoms with Crippen LogP contribution in [0.3, 0.4) is 0 Å². The zero-order valence-corrected chi connectivity index (χ0v) is 15.8. The van der Waals surface area contributed by atoms with E-state index in [0.717, 1.165) is 38.6 Å². The van der Waals surface area contributed by atoms with E-state index < -0.39 is 0 Å². The summed E-state index contributed by atoms with van der Waals surface area (Å²) in [6.07, 6.45) is 6.42. The molecule has 0 radical (unpaired) electrons. The molecule has 3 aliphatic rings. The van der Waals surface area contributed by atoms with Gasteiger partial charge in [-0.2, -0.15) is 0 Å². The molecule has 23 heavy (non-hydrogen) atoms. The number of carbonyl (C=O) groups excluding carboxylic acids is 1. The van der Waals surface area contributed by atoms with Gasteiger partial charge in [-0.1, -0.05) is 34.1 Å². The fourth-order valence-corrected chi connectivity index (χ4v) is 4.30. The molecule has 0 atom stereocenters. The fourth-order valence-electron chi connectivity index (χ4n) is 4.30. The van der Waals surface area contributed by atoms with Crippen LogP contribution in [0.5, 0.6) is 0 Å². The summed E-state index contributed by atoms with van der Waals surface area (Å²) in [6.45, 7) is 14.7. The SMILES string of the molecule is CC.CCC1CCC(N2CCN(C3CN(CC)C3)CC2=O)CC1. The summed E-state index contributed by atoms with van der Waals surface area (Å²) in [7, 11) is 0. The van der Waals surface area contributed by atoms with Crippen molar-refractivity contribution in [3.8, 4) is 0 Å². The molecular weight excluding hydrogens is 286 g/mol. The van der Waals surface area contributed by atoms with Crippen molar-refractivity contribution in [1.29, 1.82) is 0 Å². The molecule has 0 unspecified atom stereocenters. The van der Waals surface area contributed by atoms with Crippen LogP contribution in [0, 0.1) is 5.92 Å². The van der Waals surface area contributed by atoms with Gasteiger partial charge in [0, 0.05) is 38.3 Å². The van der Waals surface area contributed by atoms with Crippen molar-refractivity contribution in [2.24, 2.45) is 5.92 Å². The average molecular weight is 324 g/mol. The van der Waals surface area contributed by atoms with Gasteiger partial charge in [-0.3, -0.25) is 9.69 Å². The van der Waals surface area contributed by atoms with Crippen LogP contribution >= 0.6 is 0 Å². The highest BCUT2D eigenvalue weighted by molar-refractivity contribution is 5.79. The Labute approximate surface area is 143 Å². The summed E-state index contributed by atoms with van der Waals surface area (Å²) in [4.78, 5) is 19.6. The van der Waals surface area contributed by atoms with Crippen LogP contribution in [0.25, 0.3) is 0 Å². The summed E-state index contributed by atoms with van der Waals surface area (Å²) >= 11 is 0. The standard InChI is InChI=1S/C17H31N3O.C2H6/c1-3-14-5-7-15(8-6-14)20-10-9-19(13-17(20)21)16-11-18(4-2)12-16;1-2/h14-16H,3-13H2,1-2H3;1-2H3. The molecule has 0 aromatic carbocycles. The number of likely N-dealkylation sites (N-methyl/N-ethyl adjacent to an activating group) is 1. The van der Waals surface area contributed by atoms with Crippen LogP contribution in [0.4, 0.5) is 0 Å². The van der Waals surface area contributed by atoms with Crippen molar-refractivity contribution in [2.45, 2.75) is 71.9 Å². The zero-order chi connectivity index (χ0) is 16.8. The Morgan fingerprint density at radius 2 is 1.61 bits per heavy atom. The number of amides is 1. The molecular formula is C19H37N3O. The van der Waals surface area contributed by atoms with Crippen molar-refractivity contribution in [3.63, 3.8) is 0 Å². The van der Waals surface area contributed by atoms with Crippen LogP contribution in [0.2, 0.25) is 0 Å². The minimum absolute atomic E-state index is 0.385. The second-order valence-electron chi connectivity index (χ2n) is 7.15. The minimum Gasteiger partial charge on any atom is -0.337 e. The molecule has 2 saturated heterocycles. The number of hydrogen-bond donors (Lipinski definition) is 0. The second kappa shape index (κ2) is 9.03. The molecule has 4 nitrogen and oxygen atoms in total. The smallest absolute Gasteiger partial charge is 0.237 e. The maximum atomic E-state index is 12.5. The van der Waals surface area contributed by atoms with Gasteiger partial charge in [0.15, 0.2) is 0 Å². The van der Waals surface area contributed by atoms with Crippen LogP contribution in [-0.2, 0) is 4.79 Å². The topological polar surface area (TPSA) is 26.8 Å². The maximum Gasteiger partial charge on any atom is 0.237 e. The highest BCUT2D eigenvalue weighted by Crippen LogP contribution is 2.30. The summed E-state index contributed by atoms with van der Waals surface area (Å²) in [5, 5.41) is 0. The van der Waals surface area contributed by atoms with Crippen LogP contribution < -0.4 is 0 Å². The monoisotopic (exact) mass is 323 g/mol. The van der Waals surface area contributed by atoms with Gasteiger partial charge >= 0.3 is 0 Å². The lowest BCUT2D eigenvalue weighted by atomic mass is 9.83. The normalized spacial score (nSPS) is 30.6. The Hall–Kier alpha value is -0.610. The summed E-state index contributed by atoms with van der Waals surface area (Å²) in [5.74, 6) is 1.30. The van der Waals surface area contributed by atoms with Crippen LogP contribution in [-0.4, -0.2) is 72.0 Å². The first-order chi connectivity index (χ1) is 11.2. The molecule has 0 N–H and O–H groups in total. The van der Waals surface area contributed by atoms with Gasteiger partial charge in [-0.25, -0.2) is 0 Å². The molecule has 4 heteroatoms. The Balaban J connectivity index is 0.000000924. The first kappa shape index (κ1) is 18.7. The summed E-state index contributed by atoms with van der Waals surface area (Å²) < 4.78 is 0. The molecule has 0 spiro atoms. The number of carbonyl (C=O) groups is 1. The van der Waals surface area contributed by atoms with Gasteiger partial charge in [0.1, 0.15) is 0 Å². The van der Waals surface area contributed by atoms with Crippen molar-refractivity contribution in [1.82, 2.24) is 14.7 Å². The lowest BCUT2D eigenvalue weighted by Crippen LogP contribution is -2.64. The third-order valence-corrected chi connectivity index (χ3v) is 6.02. The number of likely N-dealkylation sites (tertiary alicyclic amines) is 1. The quantitative estimate of drug-likeness (QED) is 0.796. The van der Waals surface area contributed by atoms with E-state index in [-0.39, 0.29) is 0 Å². The van der Waals surface area contributed by atoms with Gasteiger partial charge in [-0.05, 0) is 38.1 Å². The molecule has 0 aromatic heterocycles. The molecule has 3 fully saturated rings. The lowest BCUT2D eigenvalue weighted by Gasteiger charge is -2.49. The molecule has 2 aliphatic heterocycles. The molecule has 1 saturated carbocycles. The van der Waals surface area contributed by atoms with E-state index in [1.54, 1.807) is 0 Å². The van der Waals surface area contributed by atoms with Crippen molar-refractivity contribution >= 4 is 5.91 Å². The average Bonchev–Trinajstić information content (AvgIpc) is 2.56. The Bertz CT molecular complexity index is 360. The van der Waals surface area contributed by atoms with Gasteiger partial charge < -0.3 is 9.80 Å². The third-order valence-electron chi connectivity index (χ3n) is 6.02. The van der Waals surface area contributed by atoms with Crippen molar-refractivity contribution in [3.05, 3.63) is 0 Å². The van der Waals surface area contributed by atoms with Crippen LogP contribution in [0.1, 0.15) is 59.8 Å². The highest BCUT2D eigenvalue weighted by atomic mass is 16.2. The fraction of sp³-hybridized carbons (Fsp3) is 0.947. The van der Waals surface area contributed by atoms with E-state index in [4.69, 9.17) is 0 Å². The molecule has 134 valence electrons. The lowest BCUT2D eigenvalue weighted by molar-refractivity contribution is -0.142. The summed E-state index contributed by atoms with van der Waals surface area (Å²) in [5.41, 5.74) is 0. The molecule has 2 heterocycles. The first-order valence-corrected chi connectivity index (χ1v) is 9.97. The third kappa shape index (κ3) is 4.48. The van der Waals surface area contributed by atoms with Gasteiger partial charge in [-0.15, -0.1) is 0 Å². The van der Waals surface area contributed by atoms with Gasteiger partial charge in [0.2, 0.25) is 5.91 Å². The van der Waals surface area contributed by atoms with E-state index >= 15 is 0 Å². The molecule has 1 aliphatic carbocycles. The Morgan fingerprint density at radius 3 is 2.13 bits per heavy atom. The molecule has 3 rings (SSSR count). The zero-order valence-electron chi connectivity index (χ0n) is 15.8. The Morgan fingerprint density at radius 1 is 0.957 bits per heavy atom. The number of rotatable bonds is 4. The van der Waals surface area contributed by atoms with Gasteiger partial charge in [0.25, 0.3) is 0 Å². The van der Waals surface area contributed by atoms with E-state index in [9.17, 15) is 4.79 Å². The largest absolute Gasteiger partial charge is 0.337 e. The van der Waals surface area contributed by atoms with Gasteiger partial charge in [0.05, 0.1) is 6.54 Å². The van der Waals surface area contributed by atoms with E-state index in [1.807, 2.05) is 13.8 Å². The first-order valence-electron chi connectivity index (χ1n) is 9.97. The molecule has 0 aromatic rings. The van der Waals surface area contributed by atoms with Crippen LogP contribution in [0.15, 0.2) is 0 Å². The van der Waals surface area contributed by atoms with E-state index in [0.29, 0.717) is 24.5 Å². The van der Waals surface area contributed by atoms with E-state index in [2.05, 4.69) is 28.5 Å². The summed E-state index contributed by atoms with van der Waals surface area (Å²) in [6, 6.07) is 1.17. The highest BCUT2D eigenvalue weighted by Gasteiger charge is 2.37. The second-order valence-corrected chi connectivity index (χ2v) is 7.15. The van der Waals surface area contributed by atoms with Crippen molar-refractivity contribution < 1.29 is 4.79 Å². The Kier molecular flexibility index (Phi) is 7.35. The maximum absolute atomic E-state index is 12.5. The number of hydrogen-bond acceptors (Lipinski definition) is 3. The predicted molar refractivity (Wildman–Crippen MR) is 96.6 cm³/mol. The predicted octanol–water partition coefficient (Wildman–Crippen LogP) is 2.83. The van der Waals surface area contributed by atoms with E-state index in [1.165, 1.54) is 32.1 Å². The number of nitrogens with zero attached hydrogens (tertiary/aromatic N) is 3. The molecule has 1 amide bonds. The number of piperazine rings is 1. The minimum atomic E-state index is 0.385.